The van der Waals surface area contributed by atoms with Crippen LogP contribution >= 0.6 is 15.6 Å². The van der Waals surface area contributed by atoms with Crippen LogP contribution in [0.5, 0.6) is 0 Å². The number of aliphatic hydroxyl groups is 1. The lowest BCUT2D eigenvalue weighted by molar-refractivity contribution is -0.0682. The fourth-order valence-electron chi connectivity index (χ4n) is 5.36. The van der Waals surface area contributed by atoms with Crippen molar-refractivity contribution in [3.05, 3.63) is 29.3 Å². The maximum absolute atomic E-state index is 13.7. The Hall–Kier alpha value is -3.40. The lowest BCUT2D eigenvalue weighted by Gasteiger charge is -2.25. The van der Waals surface area contributed by atoms with Gasteiger partial charge < -0.3 is 30.9 Å². The van der Waals surface area contributed by atoms with Crippen molar-refractivity contribution in [1.82, 2.24) is 39.0 Å². The first kappa shape index (κ1) is 30.3. The summed E-state index contributed by atoms with van der Waals surface area (Å²) in [6.07, 6.45) is -5.38. The lowest BCUT2D eigenvalue weighted by atomic mass is 10.1. The molecule has 4 aromatic heterocycles. The number of anilines is 2. The summed E-state index contributed by atoms with van der Waals surface area (Å²) in [5.74, 6) is -0.135. The molecule has 3 aliphatic rings. The van der Waals surface area contributed by atoms with Gasteiger partial charge in [0.25, 0.3) is 5.56 Å². The van der Waals surface area contributed by atoms with Crippen LogP contribution in [0.25, 0.3) is 22.3 Å². The summed E-state index contributed by atoms with van der Waals surface area (Å²) in [5.41, 5.74) is 11.3. The average molecular weight is 672 g/mol. The van der Waals surface area contributed by atoms with E-state index < -0.39 is 77.4 Å². The molecule has 0 amide bonds. The molecule has 0 spiro atoms. The minimum absolute atomic E-state index is 0.0255. The second-order valence-corrected chi connectivity index (χ2v) is 13.3. The summed E-state index contributed by atoms with van der Waals surface area (Å²) in [6.45, 7) is -1.12. The van der Waals surface area contributed by atoms with Gasteiger partial charge in [-0.2, -0.15) is 4.98 Å². The van der Waals surface area contributed by atoms with Crippen LogP contribution in [-0.2, 0) is 41.2 Å². The second-order valence-electron chi connectivity index (χ2n) is 10.2. The molecule has 9 atom stereocenters. The van der Waals surface area contributed by atoms with Gasteiger partial charge in [0.2, 0.25) is 5.95 Å². The van der Waals surface area contributed by atoms with E-state index in [-0.39, 0.29) is 40.5 Å². The molecule has 7 rings (SSSR count). The molecule has 7 heterocycles. The highest BCUT2D eigenvalue weighted by atomic mass is 31.2. The van der Waals surface area contributed by atoms with Crippen LogP contribution in [0.4, 0.5) is 11.8 Å². The second kappa shape index (κ2) is 11.1. The number of fused-ring (bicyclic) bond motifs is 6. The Labute approximate surface area is 250 Å². The van der Waals surface area contributed by atoms with Crippen molar-refractivity contribution in [2.45, 2.75) is 49.4 Å². The molecule has 24 heteroatoms. The third-order valence-electron chi connectivity index (χ3n) is 7.41. The van der Waals surface area contributed by atoms with Crippen LogP contribution in [-0.4, -0.2) is 99.9 Å². The molecule has 4 bridgehead atoms. The number of phosphoric ester groups is 2. The molecule has 0 radical (unpaired) electrons. The molecule has 4 aromatic rings. The zero-order chi connectivity index (χ0) is 31.7. The smallest absolute Gasteiger partial charge is 0.387 e. The van der Waals surface area contributed by atoms with Gasteiger partial charge in [-0.3, -0.25) is 41.5 Å². The average Bonchev–Trinajstić information content (AvgIpc) is 3.76. The summed E-state index contributed by atoms with van der Waals surface area (Å²) in [7, 11) is -8.23. The van der Waals surface area contributed by atoms with E-state index in [0.29, 0.717) is 0 Å². The number of nitrogens with zero attached hydrogens (tertiary/aromatic N) is 7. The van der Waals surface area contributed by atoms with Crippen LogP contribution in [0.15, 0.2) is 23.8 Å². The summed E-state index contributed by atoms with van der Waals surface area (Å²) in [5, 5.41) is 11.2. The summed E-state index contributed by atoms with van der Waals surface area (Å²) in [6, 6.07) is 0. The first-order valence-corrected chi connectivity index (χ1v) is 16.2. The SMILES string of the molecule is COP1(=O)OCC2OC(n3cnc4c(N)ncnc43)C(OP(=O)(O)OCC3CC(O1)C(n1cnc4c(=O)[nH]c(N)nc41)O3)C2O. The van der Waals surface area contributed by atoms with E-state index in [9.17, 15) is 23.9 Å². The number of H-pyrrole nitrogens is 1. The molecule has 3 saturated heterocycles. The Kier molecular flexibility index (Phi) is 7.49. The van der Waals surface area contributed by atoms with Crippen LogP contribution in [0.1, 0.15) is 18.9 Å². The van der Waals surface area contributed by atoms with Crippen LogP contribution in [0.3, 0.4) is 0 Å². The molecule has 22 nitrogen and oxygen atoms in total. The Morgan fingerprint density at radius 1 is 0.978 bits per heavy atom. The number of aliphatic hydroxyl groups excluding tert-OH is 1. The number of phosphoric acid groups is 2. The van der Waals surface area contributed by atoms with Crippen molar-refractivity contribution in [1.29, 1.82) is 0 Å². The van der Waals surface area contributed by atoms with Crippen molar-refractivity contribution in [2.75, 3.05) is 31.8 Å². The number of nitrogen functional groups attached to an aromatic ring is 2. The number of nitrogens with one attached hydrogen (secondary N) is 1. The standard InChI is InChI=1S/C21H26N10O12P2/c1-37-45(36)39-4-10-13(32)14(20(41-10)30-6-26-11-15(22)24-5-25-16(11)30)43-44(34,35)38-3-8-2-9(42-45)19(40-8)31-7-27-12-17(31)28-21(23)29-18(12)33/h5-10,13-14,19-20,32H,2-4H2,1H3,(H,34,35)(H2,22,24,25)(H3,23,28,29,33). The molecule has 242 valence electrons. The van der Waals surface area contributed by atoms with Crippen molar-refractivity contribution >= 4 is 49.7 Å². The minimum Gasteiger partial charge on any atom is -0.387 e. The summed E-state index contributed by atoms with van der Waals surface area (Å²) in [4.78, 5) is 45.7. The highest BCUT2D eigenvalue weighted by Gasteiger charge is 2.52. The normalized spacial score (nSPS) is 36.0. The van der Waals surface area contributed by atoms with E-state index in [4.69, 9.17) is 43.6 Å². The zero-order valence-electron chi connectivity index (χ0n) is 23.1. The number of ether oxygens (including phenoxy) is 2. The van der Waals surface area contributed by atoms with Gasteiger partial charge in [0.1, 0.15) is 36.3 Å². The number of rotatable bonds is 3. The van der Waals surface area contributed by atoms with Crippen LogP contribution in [0.2, 0.25) is 0 Å². The van der Waals surface area contributed by atoms with Gasteiger partial charge in [0, 0.05) is 13.5 Å². The molecule has 3 aliphatic heterocycles. The molecule has 9 unspecified atom stereocenters. The summed E-state index contributed by atoms with van der Waals surface area (Å²) < 4.78 is 68.8. The first-order valence-electron chi connectivity index (χ1n) is 13.2. The van der Waals surface area contributed by atoms with Crippen molar-refractivity contribution in [3.63, 3.8) is 0 Å². The van der Waals surface area contributed by atoms with E-state index in [1.165, 1.54) is 28.1 Å². The Morgan fingerprint density at radius 3 is 2.51 bits per heavy atom. The van der Waals surface area contributed by atoms with Gasteiger partial charge in [0.05, 0.1) is 32.0 Å². The number of hydrogen-bond acceptors (Lipinski definition) is 18. The maximum atomic E-state index is 13.7. The van der Waals surface area contributed by atoms with Crippen LogP contribution < -0.4 is 17.0 Å². The molecule has 0 saturated carbocycles. The maximum Gasteiger partial charge on any atom is 0.475 e. The van der Waals surface area contributed by atoms with Gasteiger partial charge >= 0.3 is 15.6 Å². The fourth-order valence-corrected chi connectivity index (χ4v) is 7.42. The van der Waals surface area contributed by atoms with Crippen LogP contribution in [0, 0.1) is 0 Å². The molecule has 0 aliphatic carbocycles. The number of aromatic nitrogens is 8. The van der Waals surface area contributed by atoms with Gasteiger partial charge in [0.15, 0.2) is 35.1 Å². The summed E-state index contributed by atoms with van der Waals surface area (Å²) >= 11 is 0. The predicted octanol–water partition coefficient (Wildman–Crippen LogP) is -0.658. The van der Waals surface area contributed by atoms with E-state index in [1.807, 2.05) is 0 Å². The van der Waals surface area contributed by atoms with Crippen molar-refractivity contribution in [3.8, 4) is 0 Å². The van der Waals surface area contributed by atoms with E-state index in [1.54, 1.807) is 0 Å². The molecular weight excluding hydrogens is 646 g/mol. The molecular formula is C21H26N10O12P2. The fraction of sp³-hybridized carbons (Fsp3) is 0.524. The largest absolute Gasteiger partial charge is 0.475 e. The number of aromatic amines is 1. The van der Waals surface area contributed by atoms with Gasteiger partial charge in [-0.05, 0) is 0 Å². The monoisotopic (exact) mass is 672 g/mol. The van der Waals surface area contributed by atoms with Crippen molar-refractivity contribution < 1.29 is 51.2 Å². The highest BCUT2D eigenvalue weighted by Crippen LogP contribution is 2.55. The van der Waals surface area contributed by atoms with Crippen molar-refractivity contribution in [2.24, 2.45) is 0 Å². The number of nitrogens with two attached hydrogens (primary N) is 2. The van der Waals surface area contributed by atoms with E-state index in [0.717, 1.165) is 7.11 Å². The number of imidazole rings is 2. The molecule has 7 N–H and O–H groups in total. The highest BCUT2D eigenvalue weighted by molar-refractivity contribution is 7.48. The Morgan fingerprint density at radius 2 is 1.73 bits per heavy atom. The third kappa shape index (κ3) is 5.42. The first-order chi connectivity index (χ1) is 21.4. The third-order valence-corrected chi connectivity index (χ3v) is 9.83. The topological polar surface area (TPSA) is 298 Å². The molecule has 45 heavy (non-hydrogen) atoms. The van der Waals surface area contributed by atoms with Gasteiger partial charge in [-0.15, -0.1) is 0 Å². The van der Waals surface area contributed by atoms with Gasteiger partial charge in [-0.1, -0.05) is 0 Å². The lowest BCUT2D eigenvalue weighted by Crippen LogP contribution is -2.35. The number of hydrogen-bond donors (Lipinski definition) is 5. The zero-order valence-corrected chi connectivity index (χ0v) is 24.8. The Balaban J connectivity index is 1.22. The Bertz CT molecular complexity index is 1920. The van der Waals surface area contributed by atoms with Gasteiger partial charge in [-0.25, -0.2) is 29.1 Å². The predicted molar refractivity (Wildman–Crippen MR) is 147 cm³/mol. The van der Waals surface area contributed by atoms with E-state index in [2.05, 4.69) is 29.9 Å². The molecule has 0 aromatic carbocycles. The minimum atomic E-state index is -4.92. The molecule has 3 fully saturated rings. The van der Waals surface area contributed by atoms with E-state index >= 15 is 0 Å². The quantitative estimate of drug-likeness (QED) is 0.169.